The molecule has 0 radical (unpaired) electrons. The predicted octanol–water partition coefficient (Wildman–Crippen LogP) is 4.28. The molecule has 2 nitrogen and oxygen atoms in total. The summed E-state index contributed by atoms with van der Waals surface area (Å²) in [5.41, 5.74) is 3.17. The van der Waals surface area contributed by atoms with E-state index in [1.54, 1.807) is 0 Å². The van der Waals surface area contributed by atoms with Gasteiger partial charge in [-0.25, -0.2) is 0 Å². The third-order valence-corrected chi connectivity index (χ3v) is 4.02. The lowest BCUT2D eigenvalue weighted by molar-refractivity contribution is -0.120. The van der Waals surface area contributed by atoms with Gasteiger partial charge >= 0.3 is 0 Å². The van der Waals surface area contributed by atoms with Gasteiger partial charge in [-0.05, 0) is 30.2 Å². The molecule has 0 atom stereocenters. The zero-order valence-electron chi connectivity index (χ0n) is 13.3. The van der Waals surface area contributed by atoms with E-state index in [0.29, 0.717) is 13.0 Å². The first kappa shape index (κ1) is 16.6. The zero-order valence-corrected chi connectivity index (χ0v) is 14.1. The summed E-state index contributed by atoms with van der Waals surface area (Å²) in [5.74, 6) is 0.0423. The van der Waals surface area contributed by atoms with Crippen molar-refractivity contribution in [3.8, 4) is 0 Å². The molecule has 0 aliphatic rings. The molecule has 2 aromatic rings. The molecule has 3 heteroatoms. The van der Waals surface area contributed by atoms with Gasteiger partial charge in [0.25, 0.3) is 0 Å². The van der Waals surface area contributed by atoms with Crippen LogP contribution in [0.2, 0.25) is 5.02 Å². The molecule has 0 saturated carbocycles. The van der Waals surface area contributed by atoms with E-state index >= 15 is 0 Å². The lowest BCUT2D eigenvalue weighted by atomic mass is 9.84. The molecule has 1 amide bonds. The van der Waals surface area contributed by atoms with E-state index in [2.05, 4.69) is 19.2 Å². The molecule has 0 spiro atoms. The standard InChI is InChI=1S/C19H22ClNO/c1-14-6-4-7-15(10-14)11-18(22)21-13-19(2,3)16-8-5-9-17(20)12-16/h4-10,12H,11,13H2,1-3H3,(H,21,22). The van der Waals surface area contributed by atoms with E-state index in [0.717, 1.165) is 16.1 Å². The Kier molecular flexibility index (Phi) is 5.25. The molecule has 2 aromatic carbocycles. The number of hydrogen-bond acceptors (Lipinski definition) is 1. The molecule has 0 bridgehead atoms. The number of nitrogens with one attached hydrogen (secondary N) is 1. The zero-order chi connectivity index (χ0) is 16.2. The van der Waals surface area contributed by atoms with E-state index in [9.17, 15) is 4.79 Å². The van der Waals surface area contributed by atoms with Gasteiger partial charge in [-0.3, -0.25) is 4.79 Å². The fourth-order valence-corrected chi connectivity index (χ4v) is 2.59. The average molecular weight is 316 g/mol. The van der Waals surface area contributed by atoms with Gasteiger partial charge in [0.2, 0.25) is 5.91 Å². The highest BCUT2D eigenvalue weighted by Gasteiger charge is 2.21. The number of hydrogen-bond donors (Lipinski definition) is 1. The van der Waals surface area contributed by atoms with Crippen LogP contribution in [-0.2, 0) is 16.6 Å². The Labute approximate surface area is 137 Å². The SMILES string of the molecule is Cc1cccc(CC(=O)NCC(C)(C)c2cccc(Cl)c2)c1. The number of carbonyl (C=O) groups is 1. The Morgan fingerprint density at radius 1 is 1.14 bits per heavy atom. The first-order valence-corrected chi connectivity index (χ1v) is 7.83. The number of halogens is 1. The van der Waals surface area contributed by atoms with Crippen molar-refractivity contribution < 1.29 is 4.79 Å². The Morgan fingerprint density at radius 2 is 1.86 bits per heavy atom. The van der Waals surface area contributed by atoms with Crippen LogP contribution in [0.15, 0.2) is 48.5 Å². The monoisotopic (exact) mass is 315 g/mol. The van der Waals surface area contributed by atoms with Crippen LogP contribution in [0.5, 0.6) is 0 Å². The van der Waals surface area contributed by atoms with Crippen LogP contribution in [0.1, 0.15) is 30.5 Å². The molecule has 2 rings (SSSR count). The van der Waals surface area contributed by atoms with Crippen LogP contribution in [0.25, 0.3) is 0 Å². The fourth-order valence-electron chi connectivity index (χ4n) is 2.40. The highest BCUT2D eigenvalue weighted by Crippen LogP contribution is 2.24. The Morgan fingerprint density at radius 3 is 2.55 bits per heavy atom. The summed E-state index contributed by atoms with van der Waals surface area (Å²) in [6.45, 7) is 6.82. The highest BCUT2D eigenvalue weighted by atomic mass is 35.5. The van der Waals surface area contributed by atoms with E-state index in [1.807, 2.05) is 55.5 Å². The first-order valence-electron chi connectivity index (χ1n) is 7.45. The molecule has 0 aliphatic carbocycles. The van der Waals surface area contributed by atoms with Crippen LogP contribution >= 0.6 is 11.6 Å². The van der Waals surface area contributed by atoms with Gasteiger partial charge in [0, 0.05) is 17.0 Å². The molecule has 0 saturated heterocycles. The van der Waals surface area contributed by atoms with Crippen molar-refractivity contribution in [3.05, 3.63) is 70.2 Å². The number of aryl methyl sites for hydroxylation is 1. The fraction of sp³-hybridized carbons (Fsp3) is 0.316. The maximum atomic E-state index is 12.1. The minimum Gasteiger partial charge on any atom is -0.355 e. The number of carbonyl (C=O) groups excluding carboxylic acids is 1. The van der Waals surface area contributed by atoms with Crippen LogP contribution in [-0.4, -0.2) is 12.5 Å². The summed E-state index contributed by atoms with van der Waals surface area (Å²) in [4.78, 5) is 12.1. The lowest BCUT2D eigenvalue weighted by Crippen LogP contribution is -2.37. The first-order chi connectivity index (χ1) is 10.4. The van der Waals surface area contributed by atoms with Gasteiger partial charge in [-0.1, -0.05) is 67.4 Å². The van der Waals surface area contributed by atoms with Crippen molar-refractivity contribution in [2.75, 3.05) is 6.54 Å². The van der Waals surface area contributed by atoms with Gasteiger partial charge in [0.15, 0.2) is 0 Å². The van der Waals surface area contributed by atoms with Gasteiger partial charge < -0.3 is 5.32 Å². The second-order valence-corrected chi connectivity index (χ2v) is 6.77. The summed E-state index contributed by atoms with van der Waals surface area (Å²) in [6.07, 6.45) is 0.410. The predicted molar refractivity (Wildman–Crippen MR) is 92.4 cm³/mol. The number of benzene rings is 2. The van der Waals surface area contributed by atoms with Crippen LogP contribution < -0.4 is 5.32 Å². The van der Waals surface area contributed by atoms with Crippen LogP contribution in [0.4, 0.5) is 0 Å². The van der Waals surface area contributed by atoms with E-state index < -0.39 is 0 Å². The summed E-state index contributed by atoms with van der Waals surface area (Å²) >= 11 is 6.05. The molecule has 0 heterocycles. The Hall–Kier alpha value is -1.80. The second-order valence-electron chi connectivity index (χ2n) is 6.34. The molecular weight excluding hydrogens is 294 g/mol. The van der Waals surface area contributed by atoms with Crippen LogP contribution in [0.3, 0.4) is 0 Å². The molecule has 0 aliphatic heterocycles. The topological polar surface area (TPSA) is 29.1 Å². The van der Waals surface area contributed by atoms with Crippen molar-refractivity contribution >= 4 is 17.5 Å². The van der Waals surface area contributed by atoms with Crippen molar-refractivity contribution in [1.82, 2.24) is 5.32 Å². The largest absolute Gasteiger partial charge is 0.355 e. The van der Waals surface area contributed by atoms with Gasteiger partial charge in [-0.15, -0.1) is 0 Å². The molecule has 0 aromatic heterocycles. The quantitative estimate of drug-likeness (QED) is 0.876. The van der Waals surface area contributed by atoms with Crippen molar-refractivity contribution in [2.45, 2.75) is 32.6 Å². The van der Waals surface area contributed by atoms with Crippen molar-refractivity contribution in [3.63, 3.8) is 0 Å². The maximum absolute atomic E-state index is 12.1. The molecular formula is C19H22ClNO. The molecule has 116 valence electrons. The van der Waals surface area contributed by atoms with Crippen molar-refractivity contribution in [1.29, 1.82) is 0 Å². The smallest absolute Gasteiger partial charge is 0.224 e. The summed E-state index contributed by atoms with van der Waals surface area (Å²) in [7, 11) is 0. The third kappa shape index (κ3) is 4.60. The average Bonchev–Trinajstić information content (AvgIpc) is 2.45. The summed E-state index contributed by atoms with van der Waals surface area (Å²) in [5, 5.41) is 3.75. The van der Waals surface area contributed by atoms with Crippen LogP contribution in [0, 0.1) is 6.92 Å². The van der Waals surface area contributed by atoms with E-state index in [1.165, 1.54) is 5.56 Å². The van der Waals surface area contributed by atoms with Crippen molar-refractivity contribution in [2.24, 2.45) is 0 Å². The van der Waals surface area contributed by atoms with E-state index in [-0.39, 0.29) is 11.3 Å². The molecule has 0 unspecified atom stereocenters. The number of amides is 1. The minimum atomic E-state index is -0.160. The third-order valence-electron chi connectivity index (χ3n) is 3.78. The Balaban J connectivity index is 1.95. The van der Waals surface area contributed by atoms with Gasteiger partial charge in [0.05, 0.1) is 6.42 Å². The van der Waals surface area contributed by atoms with Gasteiger partial charge in [-0.2, -0.15) is 0 Å². The second kappa shape index (κ2) is 6.97. The summed E-state index contributed by atoms with van der Waals surface area (Å²) in [6, 6.07) is 15.8. The lowest BCUT2D eigenvalue weighted by Gasteiger charge is -2.26. The molecule has 22 heavy (non-hydrogen) atoms. The highest BCUT2D eigenvalue weighted by molar-refractivity contribution is 6.30. The molecule has 0 fully saturated rings. The minimum absolute atomic E-state index is 0.0423. The number of rotatable bonds is 5. The van der Waals surface area contributed by atoms with E-state index in [4.69, 9.17) is 11.6 Å². The summed E-state index contributed by atoms with van der Waals surface area (Å²) < 4.78 is 0. The molecule has 1 N–H and O–H groups in total. The maximum Gasteiger partial charge on any atom is 0.224 e. The Bertz CT molecular complexity index is 664. The normalized spacial score (nSPS) is 11.3. The van der Waals surface area contributed by atoms with Gasteiger partial charge in [0.1, 0.15) is 0 Å².